The van der Waals surface area contributed by atoms with Crippen molar-refractivity contribution in [3.63, 3.8) is 0 Å². The van der Waals surface area contributed by atoms with Gasteiger partial charge in [-0.25, -0.2) is 19.2 Å². The third-order valence-corrected chi connectivity index (χ3v) is 4.32. The molecule has 1 atom stereocenters. The Morgan fingerprint density at radius 2 is 2.00 bits per heavy atom. The zero-order valence-corrected chi connectivity index (χ0v) is 14.8. The van der Waals surface area contributed by atoms with E-state index in [1.165, 1.54) is 12.1 Å². The highest BCUT2D eigenvalue weighted by Gasteiger charge is 2.30. The largest absolute Gasteiger partial charge is 0.322 e. The first-order chi connectivity index (χ1) is 11.8. The molecule has 2 aromatic rings. The summed E-state index contributed by atoms with van der Waals surface area (Å²) in [5.41, 5.74) is 1.25. The van der Waals surface area contributed by atoms with E-state index in [-0.39, 0.29) is 23.3 Å². The maximum absolute atomic E-state index is 13.5. The molecule has 1 saturated heterocycles. The summed E-state index contributed by atoms with van der Waals surface area (Å²) < 4.78 is 13.5. The summed E-state index contributed by atoms with van der Waals surface area (Å²) in [6.07, 6.45) is 4.97. The van der Waals surface area contributed by atoms with Crippen molar-refractivity contribution in [3.05, 3.63) is 53.9 Å². The van der Waals surface area contributed by atoms with Crippen LogP contribution in [-0.2, 0) is 5.41 Å². The van der Waals surface area contributed by atoms with Crippen LogP contribution in [0.25, 0.3) is 0 Å². The number of aromatic nitrogens is 2. The maximum atomic E-state index is 13.5. The average molecular weight is 342 g/mol. The molecule has 1 aromatic carbocycles. The third kappa shape index (κ3) is 3.95. The molecule has 0 bridgehead atoms. The molecule has 0 spiro atoms. The SMILES string of the molecule is CC(C)(C)c1ncc(NC(=O)N2CCCC2c2cccc(F)c2)cn1. The molecular weight excluding hydrogens is 319 g/mol. The Kier molecular flexibility index (Phi) is 4.70. The van der Waals surface area contributed by atoms with Crippen LogP contribution in [0.2, 0.25) is 0 Å². The lowest BCUT2D eigenvalue weighted by atomic mass is 9.96. The standard InChI is InChI=1S/C19H23FN4O/c1-19(2,3)17-21-11-15(12-22-17)23-18(25)24-9-5-8-16(24)13-6-4-7-14(20)10-13/h4,6-7,10-12,16H,5,8-9H2,1-3H3,(H,23,25). The second-order valence-corrected chi connectivity index (χ2v) is 7.38. The van der Waals surface area contributed by atoms with Crippen LogP contribution in [0, 0.1) is 5.82 Å². The maximum Gasteiger partial charge on any atom is 0.322 e. The van der Waals surface area contributed by atoms with Crippen LogP contribution in [0.5, 0.6) is 0 Å². The fraction of sp³-hybridized carbons (Fsp3) is 0.421. The number of nitrogens with zero attached hydrogens (tertiary/aromatic N) is 3. The number of urea groups is 1. The molecule has 1 fully saturated rings. The lowest BCUT2D eigenvalue weighted by molar-refractivity contribution is 0.207. The lowest BCUT2D eigenvalue weighted by Gasteiger charge is -2.25. The van der Waals surface area contributed by atoms with Gasteiger partial charge in [0.25, 0.3) is 0 Å². The van der Waals surface area contributed by atoms with E-state index in [0.29, 0.717) is 12.2 Å². The van der Waals surface area contributed by atoms with Crippen molar-refractivity contribution in [2.24, 2.45) is 0 Å². The van der Waals surface area contributed by atoms with E-state index < -0.39 is 0 Å². The highest BCUT2D eigenvalue weighted by molar-refractivity contribution is 5.89. The summed E-state index contributed by atoms with van der Waals surface area (Å²) in [5, 5.41) is 2.85. The van der Waals surface area contributed by atoms with Gasteiger partial charge in [-0.15, -0.1) is 0 Å². The monoisotopic (exact) mass is 342 g/mol. The first kappa shape index (κ1) is 17.3. The van der Waals surface area contributed by atoms with Crippen LogP contribution in [0.15, 0.2) is 36.7 Å². The van der Waals surface area contributed by atoms with E-state index in [2.05, 4.69) is 15.3 Å². The minimum atomic E-state index is -0.282. The molecule has 1 N–H and O–H groups in total. The molecule has 0 saturated carbocycles. The van der Waals surface area contributed by atoms with Gasteiger partial charge >= 0.3 is 6.03 Å². The zero-order chi connectivity index (χ0) is 18.0. The molecule has 25 heavy (non-hydrogen) atoms. The molecule has 1 aliphatic rings. The smallest absolute Gasteiger partial charge is 0.317 e. The van der Waals surface area contributed by atoms with Crippen molar-refractivity contribution in [1.29, 1.82) is 0 Å². The molecule has 132 valence electrons. The molecular formula is C19H23FN4O. The number of anilines is 1. The van der Waals surface area contributed by atoms with Crippen molar-refractivity contribution in [3.8, 4) is 0 Å². The quantitative estimate of drug-likeness (QED) is 0.886. The number of rotatable bonds is 2. The number of amides is 2. The second kappa shape index (κ2) is 6.78. The van der Waals surface area contributed by atoms with Gasteiger partial charge < -0.3 is 10.2 Å². The summed E-state index contributed by atoms with van der Waals surface area (Å²) in [6, 6.07) is 6.14. The predicted molar refractivity (Wildman–Crippen MR) is 94.8 cm³/mol. The normalized spacial score (nSPS) is 17.6. The molecule has 1 aromatic heterocycles. The Bertz CT molecular complexity index is 755. The van der Waals surface area contributed by atoms with Crippen molar-refractivity contribution in [2.75, 3.05) is 11.9 Å². The molecule has 2 heterocycles. The summed E-state index contributed by atoms with van der Waals surface area (Å²) in [6.45, 7) is 6.76. The summed E-state index contributed by atoms with van der Waals surface area (Å²) in [5.74, 6) is 0.445. The summed E-state index contributed by atoms with van der Waals surface area (Å²) >= 11 is 0. The number of hydrogen-bond donors (Lipinski definition) is 1. The average Bonchev–Trinajstić information content (AvgIpc) is 3.04. The highest BCUT2D eigenvalue weighted by Crippen LogP contribution is 2.32. The molecule has 1 unspecified atom stereocenters. The molecule has 5 nitrogen and oxygen atoms in total. The Morgan fingerprint density at radius 3 is 2.64 bits per heavy atom. The molecule has 3 rings (SSSR count). The Labute approximate surface area is 147 Å². The number of carbonyl (C=O) groups is 1. The van der Waals surface area contributed by atoms with E-state index in [1.54, 1.807) is 23.4 Å². The fourth-order valence-electron chi connectivity index (χ4n) is 3.05. The molecule has 0 radical (unpaired) electrons. The van der Waals surface area contributed by atoms with Crippen molar-refractivity contribution in [2.45, 2.75) is 45.1 Å². The number of likely N-dealkylation sites (tertiary alicyclic amines) is 1. The van der Waals surface area contributed by atoms with Gasteiger partial charge in [0.05, 0.1) is 24.1 Å². The predicted octanol–water partition coefficient (Wildman–Crippen LogP) is 4.28. The van der Waals surface area contributed by atoms with Crippen LogP contribution >= 0.6 is 0 Å². The number of halogens is 1. The van der Waals surface area contributed by atoms with Crippen molar-refractivity contribution < 1.29 is 9.18 Å². The summed E-state index contributed by atoms with van der Waals surface area (Å²) in [4.78, 5) is 23.0. The van der Waals surface area contributed by atoms with Gasteiger partial charge in [0, 0.05) is 12.0 Å². The lowest BCUT2D eigenvalue weighted by Crippen LogP contribution is -2.34. The number of nitrogens with one attached hydrogen (secondary N) is 1. The number of carbonyl (C=O) groups excluding carboxylic acids is 1. The first-order valence-corrected chi connectivity index (χ1v) is 8.50. The minimum absolute atomic E-state index is 0.106. The fourth-order valence-corrected chi connectivity index (χ4v) is 3.05. The number of benzene rings is 1. The number of hydrogen-bond acceptors (Lipinski definition) is 3. The summed E-state index contributed by atoms with van der Waals surface area (Å²) in [7, 11) is 0. The van der Waals surface area contributed by atoms with E-state index in [0.717, 1.165) is 24.2 Å². The molecule has 1 aliphatic heterocycles. The zero-order valence-electron chi connectivity index (χ0n) is 14.8. The minimum Gasteiger partial charge on any atom is -0.317 e. The first-order valence-electron chi connectivity index (χ1n) is 8.50. The van der Waals surface area contributed by atoms with Crippen LogP contribution < -0.4 is 5.32 Å². The van der Waals surface area contributed by atoms with Gasteiger partial charge in [-0.1, -0.05) is 32.9 Å². The van der Waals surface area contributed by atoms with Crippen LogP contribution in [-0.4, -0.2) is 27.4 Å². The Balaban J connectivity index is 1.72. The van der Waals surface area contributed by atoms with Crippen molar-refractivity contribution >= 4 is 11.7 Å². The van der Waals surface area contributed by atoms with Gasteiger partial charge in [-0.05, 0) is 30.5 Å². The Morgan fingerprint density at radius 1 is 1.28 bits per heavy atom. The third-order valence-electron chi connectivity index (χ3n) is 4.32. The molecule has 2 amide bonds. The van der Waals surface area contributed by atoms with Crippen LogP contribution in [0.4, 0.5) is 14.9 Å². The van der Waals surface area contributed by atoms with Crippen LogP contribution in [0.1, 0.15) is 51.0 Å². The molecule has 0 aliphatic carbocycles. The Hall–Kier alpha value is -2.50. The van der Waals surface area contributed by atoms with E-state index in [4.69, 9.17) is 0 Å². The van der Waals surface area contributed by atoms with Crippen molar-refractivity contribution in [1.82, 2.24) is 14.9 Å². The topological polar surface area (TPSA) is 58.1 Å². The van der Waals surface area contributed by atoms with Gasteiger partial charge in [-0.3, -0.25) is 0 Å². The second-order valence-electron chi connectivity index (χ2n) is 7.38. The van der Waals surface area contributed by atoms with E-state index >= 15 is 0 Å². The van der Waals surface area contributed by atoms with Gasteiger partial charge in [0.1, 0.15) is 11.6 Å². The van der Waals surface area contributed by atoms with Crippen LogP contribution in [0.3, 0.4) is 0 Å². The van der Waals surface area contributed by atoms with Gasteiger partial charge in [0.15, 0.2) is 0 Å². The van der Waals surface area contributed by atoms with Gasteiger partial charge in [0.2, 0.25) is 0 Å². The molecule has 6 heteroatoms. The van der Waals surface area contributed by atoms with E-state index in [1.807, 2.05) is 26.8 Å². The van der Waals surface area contributed by atoms with E-state index in [9.17, 15) is 9.18 Å². The highest BCUT2D eigenvalue weighted by atomic mass is 19.1. The van der Waals surface area contributed by atoms with Gasteiger partial charge in [-0.2, -0.15) is 0 Å².